The van der Waals surface area contributed by atoms with Crippen molar-refractivity contribution >= 4 is 11.9 Å². The Bertz CT molecular complexity index is 161. The van der Waals surface area contributed by atoms with Gasteiger partial charge >= 0.3 is 0 Å². The van der Waals surface area contributed by atoms with Crippen molar-refractivity contribution in [1.82, 2.24) is 0 Å². The van der Waals surface area contributed by atoms with Crippen molar-refractivity contribution < 1.29 is 40.4 Å². The van der Waals surface area contributed by atoms with E-state index in [0.29, 0.717) is 0 Å². The predicted molar refractivity (Wildman–Crippen MR) is 44.2 cm³/mol. The minimum Gasteiger partial charge on any atom is -0.481 e. The zero-order valence-electron chi connectivity index (χ0n) is 8.13. The van der Waals surface area contributed by atoms with E-state index in [-0.39, 0.29) is 0 Å². The van der Waals surface area contributed by atoms with Crippen LogP contribution in [-0.4, -0.2) is 42.7 Å². The molecule has 0 unspecified atom stereocenters. The zero-order valence-corrected chi connectivity index (χ0v) is 8.13. The third kappa shape index (κ3) is 171. The maximum absolute atomic E-state index is 9.00. The van der Waals surface area contributed by atoms with Crippen LogP contribution in [0.25, 0.3) is 0 Å². The largest absolute Gasteiger partial charge is 0.481 e. The molecule has 12 nitrogen and oxygen atoms in total. The Morgan fingerprint density at radius 2 is 0.875 bits per heavy atom. The number of hydrogen-bond donors (Lipinski definition) is 4. The van der Waals surface area contributed by atoms with Gasteiger partial charge in [-0.3, -0.25) is 9.59 Å². The van der Waals surface area contributed by atoms with Crippen molar-refractivity contribution in [3.8, 4) is 0 Å². The van der Waals surface area contributed by atoms with Crippen LogP contribution in [0.4, 0.5) is 0 Å². The molecular formula is C4H10N2O10. The first-order valence-corrected chi connectivity index (χ1v) is 2.99. The molecule has 0 atom stereocenters. The fraction of sp³-hybridized carbons (Fsp3) is 0.500. The van der Waals surface area contributed by atoms with Crippen LogP contribution < -0.4 is 0 Å². The van der Waals surface area contributed by atoms with Crippen molar-refractivity contribution in [3.63, 3.8) is 0 Å². The van der Waals surface area contributed by atoms with Gasteiger partial charge in [-0.2, -0.15) is 0 Å². The van der Waals surface area contributed by atoms with Crippen LogP contribution in [0.5, 0.6) is 0 Å². The Morgan fingerprint density at radius 3 is 0.875 bits per heavy atom. The summed E-state index contributed by atoms with van der Waals surface area (Å²) in [5.41, 5.74) is 0. The number of carboxylic acids is 2. The van der Waals surface area contributed by atoms with Crippen LogP contribution in [0.2, 0.25) is 0 Å². The minimum absolute atomic E-state index is 0.833. The van der Waals surface area contributed by atoms with E-state index in [1.165, 1.54) is 0 Å². The normalized spacial score (nSPS) is 6.12. The lowest BCUT2D eigenvalue weighted by atomic mass is 10.9. The van der Waals surface area contributed by atoms with Gasteiger partial charge in [0.1, 0.15) is 0 Å². The Kier molecular flexibility index (Phi) is 26.5. The molecule has 0 aliphatic carbocycles. The highest BCUT2D eigenvalue weighted by Gasteiger charge is 1.66. The first-order valence-electron chi connectivity index (χ1n) is 2.99. The molecule has 0 aromatic carbocycles. The van der Waals surface area contributed by atoms with Gasteiger partial charge < -0.3 is 20.6 Å². The molecule has 0 rings (SSSR count). The Labute approximate surface area is 87.6 Å². The highest BCUT2D eigenvalue weighted by atomic mass is 16.9. The van der Waals surface area contributed by atoms with Gasteiger partial charge in [0.2, 0.25) is 0 Å². The Hall–Kier alpha value is -2.66. The predicted octanol–water partition coefficient (Wildman–Crippen LogP) is -0.514. The maximum Gasteiger partial charge on any atom is 0.300 e. The Balaban J connectivity index is -0.0000000600. The lowest BCUT2D eigenvalue weighted by molar-refractivity contribution is -0.742. The van der Waals surface area contributed by atoms with Gasteiger partial charge in [-0.05, 0) is 0 Å². The van der Waals surface area contributed by atoms with Crippen LogP contribution in [0.3, 0.4) is 0 Å². The molecule has 16 heavy (non-hydrogen) atoms. The molecule has 0 aromatic heterocycles. The molecule has 0 fully saturated rings. The highest BCUT2D eigenvalue weighted by molar-refractivity contribution is 5.63. The second-order valence-electron chi connectivity index (χ2n) is 1.51. The van der Waals surface area contributed by atoms with E-state index in [2.05, 4.69) is 0 Å². The summed E-state index contributed by atoms with van der Waals surface area (Å²) in [5, 5.41) is 42.1. The summed E-state index contributed by atoms with van der Waals surface area (Å²) in [5.74, 6) is -1.67. The maximum atomic E-state index is 9.00. The number of carbonyl (C=O) groups is 2. The fourth-order valence-electron chi connectivity index (χ4n) is 0. The standard InChI is InChI=1S/2C2H4O2.2HNO3/c2*1-2(3)4;2*2-1(3)4/h2*1H3,(H,3,4);2*(H,2,3,4). The molecule has 0 bridgehead atoms. The van der Waals surface area contributed by atoms with E-state index in [9.17, 15) is 0 Å². The molecule has 0 amide bonds. The number of hydrogen-bond acceptors (Lipinski definition) is 6. The summed E-state index contributed by atoms with van der Waals surface area (Å²) in [6.07, 6.45) is 0. The smallest absolute Gasteiger partial charge is 0.300 e. The first-order chi connectivity index (χ1) is 6.93. The van der Waals surface area contributed by atoms with E-state index in [4.69, 9.17) is 50.4 Å². The number of carboxylic acid groups (broad SMARTS) is 2. The minimum atomic E-state index is -1.50. The fourth-order valence-corrected chi connectivity index (χ4v) is 0. The first kappa shape index (κ1) is 23.3. The third-order valence-electron chi connectivity index (χ3n) is 0. The van der Waals surface area contributed by atoms with E-state index < -0.39 is 22.1 Å². The molecule has 0 aromatic rings. The molecular weight excluding hydrogens is 236 g/mol. The molecule has 0 saturated carbocycles. The summed E-state index contributed by atoms with van der Waals surface area (Å²) in [6.45, 7) is 2.17. The van der Waals surface area contributed by atoms with Gasteiger partial charge in [-0.1, -0.05) is 0 Å². The summed E-state index contributed by atoms with van der Waals surface area (Å²) < 4.78 is 0. The summed E-state index contributed by atoms with van der Waals surface area (Å²) in [6, 6.07) is 0. The third-order valence-corrected chi connectivity index (χ3v) is 0. The van der Waals surface area contributed by atoms with E-state index >= 15 is 0 Å². The van der Waals surface area contributed by atoms with E-state index in [1.54, 1.807) is 0 Å². The number of rotatable bonds is 0. The molecule has 4 N–H and O–H groups in total. The number of nitrogens with zero attached hydrogens (tertiary/aromatic N) is 2. The summed E-state index contributed by atoms with van der Waals surface area (Å²) >= 11 is 0. The lowest BCUT2D eigenvalue weighted by Gasteiger charge is -1.59. The van der Waals surface area contributed by atoms with Crippen LogP contribution >= 0.6 is 0 Å². The van der Waals surface area contributed by atoms with Gasteiger partial charge in [0.15, 0.2) is 0 Å². The molecule has 0 spiro atoms. The van der Waals surface area contributed by atoms with Crippen molar-refractivity contribution in [2.75, 3.05) is 0 Å². The van der Waals surface area contributed by atoms with Gasteiger partial charge in [0, 0.05) is 13.8 Å². The molecule has 0 saturated heterocycles. The van der Waals surface area contributed by atoms with Crippen molar-refractivity contribution in [2.45, 2.75) is 13.8 Å². The van der Waals surface area contributed by atoms with Gasteiger partial charge in [-0.25, -0.2) is 0 Å². The van der Waals surface area contributed by atoms with Crippen molar-refractivity contribution in [1.29, 1.82) is 0 Å². The quantitative estimate of drug-likeness (QED) is 0.318. The van der Waals surface area contributed by atoms with Crippen molar-refractivity contribution in [2.24, 2.45) is 0 Å². The molecule has 0 radical (unpaired) electrons. The van der Waals surface area contributed by atoms with Crippen LogP contribution in [-0.2, 0) is 9.59 Å². The Morgan fingerprint density at radius 1 is 0.875 bits per heavy atom. The zero-order chi connectivity index (χ0) is 14.3. The monoisotopic (exact) mass is 246 g/mol. The average molecular weight is 246 g/mol. The highest BCUT2D eigenvalue weighted by Crippen LogP contribution is 1.42. The molecule has 0 heterocycles. The van der Waals surface area contributed by atoms with Crippen LogP contribution in [0, 0.1) is 20.2 Å². The molecule has 96 valence electrons. The van der Waals surface area contributed by atoms with Gasteiger partial charge in [0.25, 0.3) is 22.1 Å². The van der Waals surface area contributed by atoms with Gasteiger partial charge in [-0.15, -0.1) is 20.2 Å². The molecule has 12 heteroatoms. The average Bonchev–Trinajstić information content (AvgIpc) is 1.76. The van der Waals surface area contributed by atoms with E-state index in [0.717, 1.165) is 13.8 Å². The molecule has 0 aliphatic heterocycles. The van der Waals surface area contributed by atoms with Gasteiger partial charge in [0.05, 0.1) is 0 Å². The topological polar surface area (TPSA) is 201 Å². The summed E-state index contributed by atoms with van der Waals surface area (Å²) in [7, 11) is 0. The molecule has 0 aliphatic rings. The second kappa shape index (κ2) is 18.2. The van der Waals surface area contributed by atoms with Crippen molar-refractivity contribution in [3.05, 3.63) is 20.2 Å². The lowest BCUT2D eigenvalue weighted by Crippen LogP contribution is -1.81. The number of aliphatic carboxylic acids is 2. The second-order valence-corrected chi connectivity index (χ2v) is 1.51. The summed E-state index contributed by atoms with van der Waals surface area (Å²) in [4.78, 5) is 34.7. The van der Waals surface area contributed by atoms with E-state index in [1.807, 2.05) is 0 Å². The van der Waals surface area contributed by atoms with Crippen LogP contribution in [0.1, 0.15) is 13.8 Å². The van der Waals surface area contributed by atoms with Crippen LogP contribution in [0.15, 0.2) is 0 Å². The SMILES string of the molecule is CC(=O)O.CC(=O)O.O=[N+]([O-])O.O=[N+]([O-])O.